The van der Waals surface area contributed by atoms with Crippen molar-refractivity contribution in [1.29, 1.82) is 0 Å². The minimum atomic E-state index is 0.983. The van der Waals surface area contributed by atoms with Crippen LogP contribution in [0.3, 0.4) is 0 Å². The van der Waals surface area contributed by atoms with Crippen molar-refractivity contribution in [2.75, 3.05) is 11.5 Å². The molecule has 0 amide bonds. The summed E-state index contributed by atoms with van der Waals surface area (Å²) in [6, 6.07) is 0. The molecule has 1 saturated carbocycles. The molecule has 2 heteroatoms. The highest BCUT2D eigenvalue weighted by Crippen LogP contribution is 2.28. The molecule has 0 heterocycles. The molecule has 0 aromatic heterocycles. The molecular formula is C7H14S2. The lowest BCUT2D eigenvalue weighted by atomic mass is 10.4. The van der Waals surface area contributed by atoms with Crippen LogP contribution in [0.1, 0.15) is 25.7 Å². The Bertz CT molecular complexity index is 67.3. The average molecular weight is 162 g/mol. The molecule has 1 aliphatic rings. The van der Waals surface area contributed by atoms with Gasteiger partial charge in [-0.2, -0.15) is 24.4 Å². The summed E-state index contributed by atoms with van der Waals surface area (Å²) in [5.41, 5.74) is 0. The molecule has 0 bridgehead atoms. The molecule has 1 fully saturated rings. The molecule has 0 saturated heterocycles. The van der Waals surface area contributed by atoms with E-state index in [0.717, 1.165) is 11.0 Å². The van der Waals surface area contributed by atoms with Crippen LogP contribution in [-0.2, 0) is 0 Å². The van der Waals surface area contributed by atoms with Gasteiger partial charge in [0.1, 0.15) is 0 Å². The maximum absolute atomic E-state index is 4.17. The zero-order valence-corrected chi connectivity index (χ0v) is 7.39. The van der Waals surface area contributed by atoms with Gasteiger partial charge in [-0.1, -0.05) is 12.8 Å². The summed E-state index contributed by atoms with van der Waals surface area (Å²) in [6.07, 6.45) is 5.84. The van der Waals surface area contributed by atoms with E-state index in [1.165, 1.54) is 31.4 Å². The van der Waals surface area contributed by atoms with Crippen LogP contribution in [0.15, 0.2) is 0 Å². The van der Waals surface area contributed by atoms with E-state index in [0.29, 0.717) is 0 Å². The molecule has 0 aliphatic heterocycles. The van der Waals surface area contributed by atoms with E-state index in [1.54, 1.807) is 0 Å². The van der Waals surface area contributed by atoms with Crippen LogP contribution in [0, 0.1) is 0 Å². The van der Waals surface area contributed by atoms with Gasteiger partial charge >= 0.3 is 0 Å². The minimum Gasteiger partial charge on any atom is -0.179 e. The molecule has 1 rings (SSSR count). The number of rotatable bonds is 3. The van der Waals surface area contributed by atoms with Crippen molar-refractivity contribution < 1.29 is 0 Å². The molecule has 0 unspecified atom stereocenters. The van der Waals surface area contributed by atoms with Crippen LogP contribution in [0.25, 0.3) is 0 Å². The van der Waals surface area contributed by atoms with E-state index in [1.807, 2.05) is 0 Å². The molecule has 0 nitrogen and oxygen atoms in total. The van der Waals surface area contributed by atoms with Gasteiger partial charge < -0.3 is 0 Å². The molecule has 0 atom stereocenters. The number of thiol groups is 1. The van der Waals surface area contributed by atoms with Crippen LogP contribution in [0.4, 0.5) is 0 Å². The lowest BCUT2D eigenvalue weighted by Gasteiger charge is -2.05. The molecule has 0 aromatic carbocycles. The number of hydrogen-bond donors (Lipinski definition) is 1. The molecule has 9 heavy (non-hydrogen) atoms. The second-order valence-electron chi connectivity index (χ2n) is 2.50. The molecule has 0 N–H and O–H groups in total. The lowest BCUT2D eigenvalue weighted by molar-refractivity contribution is 0.886. The van der Waals surface area contributed by atoms with Crippen molar-refractivity contribution in [2.45, 2.75) is 30.9 Å². The van der Waals surface area contributed by atoms with E-state index in [4.69, 9.17) is 0 Å². The molecule has 0 radical (unpaired) electrons. The summed E-state index contributed by atoms with van der Waals surface area (Å²) in [4.78, 5) is 0. The van der Waals surface area contributed by atoms with E-state index in [9.17, 15) is 0 Å². The second-order valence-corrected chi connectivity index (χ2v) is 4.36. The highest BCUT2D eigenvalue weighted by atomic mass is 32.2. The first kappa shape index (κ1) is 7.80. The third kappa shape index (κ3) is 2.85. The van der Waals surface area contributed by atoms with Crippen molar-refractivity contribution in [2.24, 2.45) is 0 Å². The Hall–Kier alpha value is 0.700. The highest BCUT2D eigenvalue weighted by Gasteiger charge is 2.13. The summed E-state index contributed by atoms with van der Waals surface area (Å²) in [5.74, 6) is 2.29. The maximum atomic E-state index is 4.17. The Labute approximate surface area is 67.2 Å². The topological polar surface area (TPSA) is 0 Å². The maximum Gasteiger partial charge on any atom is 0.00473 e. The van der Waals surface area contributed by atoms with E-state index in [-0.39, 0.29) is 0 Å². The fraction of sp³-hybridized carbons (Fsp3) is 1.00. The number of thioether (sulfide) groups is 1. The van der Waals surface area contributed by atoms with Gasteiger partial charge in [0.15, 0.2) is 0 Å². The van der Waals surface area contributed by atoms with Gasteiger partial charge in [0.2, 0.25) is 0 Å². The Balaban J connectivity index is 1.98. The first-order valence-electron chi connectivity index (χ1n) is 3.66. The van der Waals surface area contributed by atoms with Gasteiger partial charge in [-0.15, -0.1) is 0 Å². The van der Waals surface area contributed by atoms with Gasteiger partial charge in [0.25, 0.3) is 0 Å². The summed E-state index contributed by atoms with van der Waals surface area (Å²) >= 11 is 6.28. The molecule has 0 spiro atoms. The third-order valence-corrected chi connectivity index (χ3v) is 3.66. The quantitative estimate of drug-likeness (QED) is 0.622. The van der Waals surface area contributed by atoms with Crippen molar-refractivity contribution in [3.05, 3.63) is 0 Å². The van der Waals surface area contributed by atoms with Crippen LogP contribution >= 0.6 is 24.4 Å². The summed E-state index contributed by atoms with van der Waals surface area (Å²) < 4.78 is 0. The van der Waals surface area contributed by atoms with Gasteiger partial charge in [0, 0.05) is 11.0 Å². The van der Waals surface area contributed by atoms with Crippen molar-refractivity contribution in [3.8, 4) is 0 Å². The Kier molecular flexibility index (Phi) is 3.91. The Morgan fingerprint density at radius 3 is 2.56 bits per heavy atom. The highest BCUT2D eigenvalue weighted by molar-refractivity contribution is 8.00. The fourth-order valence-electron chi connectivity index (χ4n) is 1.27. The van der Waals surface area contributed by atoms with Crippen LogP contribution < -0.4 is 0 Å². The first-order chi connectivity index (χ1) is 4.43. The normalized spacial score (nSPS) is 21.0. The molecule has 54 valence electrons. The second kappa shape index (κ2) is 4.51. The van der Waals surface area contributed by atoms with Crippen molar-refractivity contribution in [3.63, 3.8) is 0 Å². The Morgan fingerprint density at radius 2 is 2.00 bits per heavy atom. The summed E-state index contributed by atoms with van der Waals surface area (Å²) in [5, 5.41) is 0.983. The number of hydrogen-bond acceptors (Lipinski definition) is 2. The molecular weight excluding hydrogens is 148 g/mol. The predicted octanol–water partition coefficient (Wildman–Crippen LogP) is 2.59. The predicted molar refractivity (Wildman–Crippen MR) is 48.6 cm³/mol. The first-order valence-corrected chi connectivity index (χ1v) is 5.34. The summed E-state index contributed by atoms with van der Waals surface area (Å²) in [6.45, 7) is 0. The van der Waals surface area contributed by atoms with E-state index in [2.05, 4.69) is 24.4 Å². The van der Waals surface area contributed by atoms with Crippen molar-refractivity contribution >= 4 is 24.4 Å². The van der Waals surface area contributed by atoms with Gasteiger partial charge in [0.05, 0.1) is 0 Å². The average Bonchev–Trinajstić information content (AvgIpc) is 2.34. The molecule has 1 aliphatic carbocycles. The van der Waals surface area contributed by atoms with E-state index < -0.39 is 0 Å². The van der Waals surface area contributed by atoms with Gasteiger partial charge in [-0.05, 0) is 18.6 Å². The standard InChI is InChI=1S/C7H14S2/c8-5-6-9-7-3-1-2-4-7/h7-8H,1-6H2. The largest absolute Gasteiger partial charge is 0.179 e. The SMILES string of the molecule is SCCSC1CCCC1. The van der Waals surface area contributed by atoms with Gasteiger partial charge in [-0.25, -0.2) is 0 Å². The zero-order chi connectivity index (χ0) is 6.53. The van der Waals surface area contributed by atoms with Crippen LogP contribution in [0.5, 0.6) is 0 Å². The fourth-order valence-corrected chi connectivity index (χ4v) is 2.70. The van der Waals surface area contributed by atoms with Gasteiger partial charge in [-0.3, -0.25) is 0 Å². The smallest absolute Gasteiger partial charge is 0.00473 e. The minimum absolute atomic E-state index is 0.983. The third-order valence-electron chi connectivity index (χ3n) is 1.75. The Morgan fingerprint density at radius 1 is 1.33 bits per heavy atom. The summed E-state index contributed by atoms with van der Waals surface area (Å²) in [7, 11) is 0. The van der Waals surface area contributed by atoms with Crippen LogP contribution in [0.2, 0.25) is 0 Å². The zero-order valence-electron chi connectivity index (χ0n) is 5.68. The lowest BCUT2D eigenvalue weighted by Crippen LogP contribution is -1.95. The van der Waals surface area contributed by atoms with E-state index >= 15 is 0 Å². The monoisotopic (exact) mass is 162 g/mol. The van der Waals surface area contributed by atoms with Crippen LogP contribution in [-0.4, -0.2) is 16.8 Å². The van der Waals surface area contributed by atoms with Crippen molar-refractivity contribution in [1.82, 2.24) is 0 Å². The molecule has 0 aromatic rings.